The summed E-state index contributed by atoms with van der Waals surface area (Å²) in [5, 5.41) is 0.369. The number of nitrogen functional groups attached to an aromatic ring is 1. The molecule has 0 radical (unpaired) electrons. The summed E-state index contributed by atoms with van der Waals surface area (Å²) in [6.45, 7) is 0.425. The molecule has 9 nitrogen and oxygen atoms in total. The second-order valence-corrected chi connectivity index (χ2v) is 6.88. The van der Waals surface area contributed by atoms with Gasteiger partial charge in [0.2, 0.25) is 0 Å². The van der Waals surface area contributed by atoms with Gasteiger partial charge in [-0.1, -0.05) is 23.6 Å². The Bertz CT molecular complexity index is 1320. The van der Waals surface area contributed by atoms with Gasteiger partial charge >= 0.3 is 0 Å². The zero-order valence-electron chi connectivity index (χ0n) is 16.3. The number of para-hydroxylation sites is 1. The van der Waals surface area contributed by atoms with Crippen LogP contribution in [0.4, 0.5) is 5.82 Å². The van der Waals surface area contributed by atoms with E-state index in [9.17, 15) is 4.79 Å². The Morgan fingerprint density at radius 2 is 2.20 bits per heavy atom. The van der Waals surface area contributed by atoms with Gasteiger partial charge in [0.15, 0.2) is 17.3 Å². The number of nitrogens with two attached hydrogens (primary N) is 1. The van der Waals surface area contributed by atoms with Crippen LogP contribution in [-0.4, -0.2) is 55.8 Å². The first-order valence-corrected chi connectivity index (χ1v) is 9.42. The number of nitrogens with one attached hydrogen (secondary N) is 1. The molecular formula is C20H18ClN7O2. The van der Waals surface area contributed by atoms with E-state index in [4.69, 9.17) is 22.1 Å². The van der Waals surface area contributed by atoms with Gasteiger partial charge in [-0.05, 0) is 18.1 Å². The van der Waals surface area contributed by atoms with Gasteiger partial charge in [0.25, 0.3) is 5.91 Å². The molecule has 0 saturated heterocycles. The van der Waals surface area contributed by atoms with Gasteiger partial charge in [-0.2, -0.15) is 0 Å². The second kappa shape index (κ2) is 7.93. The van der Waals surface area contributed by atoms with Gasteiger partial charge in [0.1, 0.15) is 22.1 Å². The van der Waals surface area contributed by atoms with Gasteiger partial charge in [-0.3, -0.25) is 9.20 Å². The molecule has 0 unspecified atom stereocenters. The number of carbonyl (C=O) groups is 1. The van der Waals surface area contributed by atoms with Gasteiger partial charge in [0.05, 0.1) is 25.0 Å². The Hall–Kier alpha value is -3.77. The number of aromatic nitrogens is 5. The molecule has 30 heavy (non-hydrogen) atoms. The van der Waals surface area contributed by atoms with Gasteiger partial charge < -0.3 is 20.4 Å². The van der Waals surface area contributed by atoms with Crippen molar-refractivity contribution in [3.05, 3.63) is 47.3 Å². The maximum Gasteiger partial charge on any atom is 0.289 e. The zero-order chi connectivity index (χ0) is 21.3. The van der Waals surface area contributed by atoms with E-state index in [-0.39, 0.29) is 17.5 Å². The molecule has 3 heterocycles. The lowest BCUT2D eigenvalue weighted by molar-refractivity contribution is 0.0787. The molecule has 0 aliphatic rings. The number of H-pyrrole nitrogens is 1. The molecule has 0 aliphatic carbocycles. The van der Waals surface area contributed by atoms with Crippen molar-refractivity contribution in [3.8, 4) is 17.6 Å². The lowest BCUT2D eigenvalue weighted by atomic mass is 10.3. The van der Waals surface area contributed by atoms with E-state index in [1.165, 1.54) is 6.20 Å². The molecule has 1 aromatic carbocycles. The molecule has 0 spiro atoms. The van der Waals surface area contributed by atoms with Crippen LogP contribution in [0, 0.1) is 11.8 Å². The van der Waals surface area contributed by atoms with Gasteiger partial charge in [-0.25, -0.2) is 15.0 Å². The van der Waals surface area contributed by atoms with E-state index in [0.717, 1.165) is 5.52 Å². The zero-order valence-corrected chi connectivity index (χ0v) is 17.1. The molecular weight excluding hydrogens is 406 g/mol. The molecule has 1 amide bonds. The fourth-order valence-electron chi connectivity index (χ4n) is 3.01. The number of amides is 1. The van der Waals surface area contributed by atoms with Crippen molar-refractivity contribution < 1.29 is 9.53 Å². The third kappa shape index (κ3) is 3.49. The average molecular weight is 424 g/mol. The van der Waals surface area contributed by atoms with Crippen LogP contribution in [0.1, 0.15) is 22.7 Å². The minimum absolute atomic E-state index is 0.230. The van der Waals surface area contributed by atoms with E-state index in [1.807, 2.05) is 12.1 Å². The molecule has 3 aromatic heterocycles. The minimum atomic E-state index is -0.230. The third-order valence-corrected chi connectivity index (χ3v) is 4.81. The minimum Gasteiger partial charge on any atom is -0.494 e. The monoisotopic (exact) mass is 423 g/mol. The molecule has 0 bridgehead atoms. The van der Waals surface area contributed by atoms with Crippen molar-refractivity contribution in [2.45, 2.75) is 6.42 Å². The summed E-state index contributed by atoms with van der Waals surface area (Å²) in [7, 11) is 3.27. The molecule has 4 rings (SSSR count). The number of rotatable bonds is 4. The lowest BCUT2D eigenvalue weighted by Gasteiger charge is -2.13. The first kappa shape index (κ1) is 19.5. The van der Waals surface area contributed by atoms with E-state index in [1.54, 1.807) is 35.7 Å². The van der Waals surface area contributed by atoms with E-state index in [0.29, 0.717) is 40.7 Å². The summed E-state index contributed by atoms with van der Waals surface area (Å²) in [5.74, 6) is 6.95. The second-order valence-electron chi connectivity index (χ2n) is 6.49. The number of aromatic amines is 1. The Labute approximate surface area is 176 Å². The number of benzene rings is 1. The fourth-order valence-corrected chi connectivity index (χ4v) is 3.23. The predicted octanol–water partition coefficient (Wildman–Crippen LogP) is 2.36. The van der Waals surface area contributed by atoms with Gasteiger partial charge in [-0.15, -0.1) is 0 Å². The fraction of sp³-hybridized carbons (Fsp3) is 0.200. The molecule has 0 atom stereocenters. The first-order valence-electron chi connectivity index (χ1n) is 9.04. The van der Waals surface area contributed by atoms with Crippen LogP contribution in [0.2, 0.25) is 5.15 Å². The van der Waals surface area contributed by atoms with Crippen LogP contribution in [0.25, 0.3) is 16.7 Å². The summed E-state index contributed by atoms with van der Waals surface area (Å²) >= 11 is 6.17. The molecule has 3 N–H and O–H groups in total. The summed E-state index contributed by atoms with van der Waals surface area (Å²) in [5.41, 5.74) is 8.22. The summed E-state index contributed by atoms with van der Waals surface area (Å²) in [6.07, 6.45) is 3.49. The molecule has 0 saturated carbocycles. The van der Waals surface area contributed by atoms with Crippen molar-refractivity contribution in [1.29, 1.82) is 0 Å². The number of hydrogen-bond acceptors (Lipinski definition) is 6. The number of ether oxygens (including phenoxy) is 1. The summed E-state index contributed by atoms with van der Waals surface area (Å²) in [6, 6.07) is 5.48. The van der Waals surface area contributed by atoms with Crippen molar-refractivity contribution in [2.75, 3.05) is 26.4 Å². The van der Waals surface area contributed by atoms with E-state index < -0.39 is 0 Å². The van der Waals surface area contributed by atoms with Crippen LogP contribution in [0.3, 0.4) is 0 Å². The Morgan fingerprint density at radius 3 is 3.00 bits per heavy atom. The number of nitrogens with zero attached hydrogens (tertiary/aromatic N) is 5. The number of hydrogen-bond donors (Lipinski definition) is 2. The Kier molecular flexibility index (Phi) is 5.16. The van der Waals surface area contributed by atoms with Crippen molar-refractivity contribution in [3.63, 3.8) is 0 Å². The SMILES string of the molecule is COc1cccc2[nH]c(C(=O)N(C)CCC#Cc3cnc4c(N)ncc(Cl)n34)nc12. The number of imidazole rings is 2. The highest BCUT2D eigenvalue weighted by molar-refractivity contribution is 6.29. The lowest BCUT2D eigenvalue weighted by Crippen LogP contribution is -2.28. The van der Waals surface area contributed by atoms with E-state index in [2.05, 4.69) is 31.8 Å². The standard InChI is InChI=1S/C20H18ClN7O2/c1-27(20(29)18-25-13-7-5-8-14(30-2)16(13)26-18)9-4-3-6-12-10-24-19-17(22)23-11-15(21)28(12)19/h5,7-8,10-11H,4,9H2,1-2H3,(H2,22,23)(H,25,26). The topological polar surface area (TPSA) is 114 Å². The molecule has 0 aliphatic heterocycles. The number of halogens is 1. The highest BCUT2D eigenvalue weighted by Crippen LogP contribution is 2.23. The Morgan fingerprint density at radius 1 is 1.37 bits per heavy atom. The van der Waals surface area contributed by atoms with E-state index >= 15 is 0 Å². The predicted molar refractivity (Wildman–Crippen MR) is 114 cm³/mol. The van der Waals surface area contributed by atoms with Crippen LogP contribution >= 0.6 is 11.6 Å². The van der Waals surface area contributed by atoms with Crippen molar-refractivity contribution >= 4 is 40.0 Å². The number of carbonyl (C=O) groups excluding carboxylic acids is 1. The molecule has 10 heteroatoms. The molecule has 0 fully saturated rings. The maximum atomic E-state index is 12.7. The summed E-state index contributed by atoms with van der Waals surface area (Å²) < 4.78 is 6.92. The number of methoxy groups -OCH3 is 1. The molecule has 4 aromatic rings. The summed E-state index contributed by atoms with van der Waals surface area (Å²) in [4.78, 5) is 29.8. The van der Waals surface area contributed by atoms with Crippen molar-refractivity contribution in [2.24, 2.45) is 0 Å². The third-order valence-electron chi connectivity index (χ3n) is 4.55. The van der Waals surface area contributed by atoms with Crippen LogP contribution in [0.15, 0.2) is 30.6 Å². The maximum absolute atomic E-state index is 12.7. The highest BCUT2D eigenvalue weighted by atomic mass is 35.5. The quantitative estimate of drug-likeness (QED) is 0.487. The van der Waals surface area contributed by atoms with Crippen LogP contribution in [-0.2, 0) is 0 Å². The number of anilines is 1. The highest BCUT2D eigenvalue weighted by Gasteiger charge is 2.17. The normalized spacial score (nSPS) is 10.8. The average Bonchev–Trinajstić information content (AvgIpc) is 3.38. The number of fused-ring (bicyclic) bond motifs is 2. The van der Waals surface area contributed by atoms with Crippen LogP contribution in [0.5, 0.6) is 5.75 Å². The molecule has 152 valence electrons. The van der Waals surface area contributed by atoms with Gasteiger partial charge in [0, 0.05) is 20.0 Å². The Balaban J connectivity index is 1.46. The largest absolute Gasteiger partial charge is 0.494 e. The smallest absolute Gasteiger partial charge is 0.289 e. The first-order chi connectivity index (χ1) is 14.5. The van der Waals surface area contributed by atoms with Crippen LogP contribution < -0.4 is 10.5 Å². The van der Waals surface area contributed by atoms with Crippen molar-refractivity contribution in [1.82, 2.24) is 29.2 Å².